The summed E-state index contributed by atoms with van der Waals surface area (Å²) in [7, 11) is 1.53. The van der Waals surface area contributed by atoms with Gasteiger partial charge in [-0.25, -0.2) is 0 Å². The number of piperidine rings is 1. The van der Waals surface area contributed by atoms with Crippen LogP contribution >= 0.6 is 11.6 Å². The van der Waals surface area contributed by atoms with Crippen molar-refractivity contribution in [3.8, 4) is 23.0 Å². The molecule has 0 spiro atoms. The van der Waals surface area contributed by atoms with Crippen LogP contribution in [0.2, 0.25) is 5.02 Å². The first-order valence-corrected chi connectivity index (χ1v) is 11.5. The summed E-state index contributed by atoms with van der Waals surface area (Å²) in [5.74, 6) is 1.96. The number of carbonyl (C=O) groups is 2. The fourth-order valence-electron chi connectivity index (χ4n) is 4.00. The standard InChI is InChI=1S/C25H27ClN2O6/c1-3-32-22-13-16(12-19(26)24(22)31-2)4-7-23(29)28-10-8-17(9-11-28)25(30)27-18-5-6-20-21(14-18)34-15-33-20/h4-7,12-14,17H,3,8-11,15H2,1-2H3,(H,27,30)/b7-4+. The molecule has 0 aliphatic carbocycles. The predicted octanol–water partition coefficient (Wildman–Crippen LogP) is 4.37. The van der Waals surface area contributed by atoms with E-state index in [2.05, 4.69) is 5.32 Å². The van der Waals surface area contributed by atoms with Crippen LogP contribution in [0.25, 0.3) is 6.08 Å². The number of benzene rings is 2. The minimum atomic E-state index is -0.160. The summed E-state index contributed by atoms with van der Waals surface area (Å²) < 4.78 is 21.5. The summed E-state index contributed by atoms with van der Waals surface area (Å²) in [5, 5.41) is 3.35. The molecule has 0 unspecified atom stereocenters. The van der Waals surface area contributed by atoms with Gasteiger partial charge in [0, 0.05) is 36.8 Å². The van der Waals surface area contributed by atoms with E-state index >= 15 is 0 Å². The molecule has 1 N–H and O–H groups in total. The Morgan fingerprint density at radius 3 is 2.68 bits per heavy atom. The fraction of sp³-hybridized carbons (Fsp3) is 0.360. The highest BCUT2D eigenvalue weighted by molar-refractivity contribution is 6.32. The number of fused-ring (bicyclic) bond motifs is 1. The van der Waals surface area contributed by atoms with Gasteiger partial charge in [-0.1, -0.05) is 11.6 Å². The van der Waals surface area contributed by atoms with Gasteiger partial charge < -0.3 is 29.2 Å². The van der Waals surface area contributed by atoms with Crippen molar-refractivity contribution in [3.63, 3.8) is 0 Å². The van der Waals surface area contributed by atoms with E-state index in [9.17, 15) is 9.59 Å². The van der Waals surface area contributed by atoms with E-state index in [1.807, 2.05) is 6.92 Å². The molecule has 4 rings (SSSR count). The molecule has 2 aromatic carbocycles. The molecule has 0 aromatic heterocycles. The molecular weight excluding hydrogens is 460 g/mol. The normalized spacial score (nSPS) is 15.4. The Hall–Kier alpha value is -3.39. The molecule has 180 valence electrons. The Balaban J connectivity index is 1.31. The molecule has 1 fully saturated rings. The van der Waals surface area contributed by atoms with E-state index in [1.165, 1.54) is 13.2 Å². The highest BCUT2D eigenvalue weighted by atomic mass is 35.5. The second kappa shape index (κ2) is 10.7. The van der Waals surface area contributed by atoms with Gasteiger partial charge in [-0.2, -0.15) is 0 Å². The maximum atomic E-state index is 12.7. The summed E-state index contributed by atoms with van der Waals surface area (Å²) in [6.45, 7) is 3.55. The molecule has 2 aliphatic heterocycles. The zero-order chi connectivity index (χ0) is 24.1. The first-order chi connectivity index (χ1) is 16.5. The number of rotatable bonds is 7. The van der Waals surface area contributed by atoms with E-state index < -0.39 is 0 Å². The first kappa shape index (κ1) is 23.8. The van der Waals surface area contributed by atoms with Crippen molar-refractivity contribution in [1.82, 2.24) is 4.90 Å². The minimum Gasteiger partial charge on any atom is -0.491 e. The molecule has 0 atom stereocenters. The van der Waals surface area contributed by atoms with Crippen LogP contribution in [0.4, 0.5) is 5.69 Å². The monoisotopic (exact) mass is 486 g/mol. The average molecular weight is 487 g/mol. The first-order valence-electron chi connectivity index (χ1n) is 11.2. The van der Waals surface area contributed by atoms with Crippen LogP contribution in [0, 0.1) is 5.92 Å². The Morgan fingerprint density at radius 2 is 1.94 bits per heavy atom. The lowest BCUT2D eigenvalue weighted by atomic mass is 9.95. The highest BCUT2D eigenvalue weighted by Gasteiger charge is 2.27. The Kier molecular flexibility index (Phi) is 7.47. The second-order valence-electron chi connectivity index (χ2n) is 7.96. The molecule has 0 radical (unpaired) electrons. The average Bonchev–Trinajstić information content (AvgIpc) is 3.31. The number of anilines is 1. The third-order valence-electron chi connectivity index (χ3n) is 5.77. The van der Waals surface area contributed by atoms with Crippen LogP contribution in [0.3, 0.4) is 0 Å². The maximum Gasteiger partial charge on any atom is 0.246 e. The summed E-state index contributed by atoms with van der Waals surface area (Å²) in [6.07, 6.45) is 4.41. The molecule has 2 heterocycles. The number of ether oxygens (including phenoxy) is 4. The van der Waals surface area contributed by atoms with Crippen molar-refractivity contribution >= 4 is 35.2 Å². The number of hydrogen-bond acceptors (Lipinski definition) is 6. The van der Waals surface area contributed by atoms with Gasteiger partial charge in [-0.05, 0) is 55.7 Å². The SMILES string of the molecule is CCOc1cc(/C=C/C(=O)N2CCC(C(=O)Nc3ccc4c(c3)OCO4)CC2)cc(Cl)c1OC. The van der Waals surface area contributed by atoms with Crippen LogP contribution in [0.15, 0.2) is 36.4 Å². The fourth-order valence-corrected chi connectivity index (χ4v) is 4.30. The van der Waals surface area contributed by atoms with Crippen LogP contribution < -0.4 is 24.3 Å². The van der Waals surface area contributed by atoms with Crippen molar-refractivity contribution < 1.29 is 28.5 Å². The molecule has 2 aromatic rings. The highest BCUT2D eigenvalue weighted by Crippen LogP contribution is 2.37. The minimum absolute atomic E-state index is 0.0576. The lowest BCUT2D eigenvalue weighted by Crippen LogP contribution is -2.40. The van der Waals surface area contributed by atoms with Gasteiger partial charge in [-0.3, -0.25) is 9.59 Å². The summed E-state index contributed by atoms with van der Waals surface area (Å²) >= 11 is 6.28. The molecule has 1 saturated heterocycles. The summed E-state index contributed by atoms with van der Waals surface area (Å²) in [6, 6.07) is 8.83. The van der Waals surface area contributed by atoms with Gasteiger partial charge in [0.15, 0.2) is 23.0 Å². The van der Waals surface area contributed by atoms with Crippen LogP contribution in [0.1, 0.15) is 25.3 Å². The number of nitrogens with one attached hydrogen (secondary N) is 1. The molecular formula is C25H27ClN2O6. The number of hydrogen-bond donors (Lipinski definition) is 1. The Labute approximate surface area is 203 Å². The molecule has 0 saturated carbocycles. The third-order valence-corrected chi connectivity index (χ3v) is 6.05. The topological polar surface area (TPSA) is 86.3 Å². The molecule has 9 heteroatoms. The molecule has 34 heavy (non-hydrogen) atoms. The Morgan fingerprint density at radius 1 is 1.18 bits per heavy atom. The number of nitrogens with zero attached hydrogens (tertiary/aromatic N) is 1. The number of carbonyl (C=O) groups excluding carboxylic acids is 2. The number of methoxy groups -OCH3 is 1. The zero-order valence-corrected chi connectivity index (χ0v) is 19.9. The van der Waals surface area contributed by atoms with E-state index in [4.69, 9.17) is 30.5 Å². The predicted molar refractivity (Wildman–Crippen MR) is 129 cm³/mol. The van der Waals surface area contributed by atoms with Crippen molar-refractivity contribution in [3.05, 3.63) is 47.0 Å². The molecule has 2 aliphatic rings. The molecule has 8 nitrogen and oxygen atoms in total. The van der Waals surface area contributed by atoms with E-state index in [-0.39, 0.29) is 24.5 Å². The number of halogens is 1. The largest absolute Gasteiger partial charge is 0.491 e. The lowest BCUT2D eigenvalue weighted by molar-refractivity contribution is -0.130. The van der Waals surface area contributed by atoms with Gasteiger partial charge in [0.1, 0.15) is 0 Å². The van der Waals surface area contributed by atoms with Crippen molar-refractivity contribution in [2.24, 2.45) is 5.92 Å². The second-order valence-corrected chi connectivity index (χ2v) is 8.36. The van der Waals surface area contributed by atoms with Crippen molar-refractivity contribution in [2.45, 2.75) is 19.8 Å². The quantitative estimate of drug-likeness (QED) is 0.585. The van der Waals surface area contributed by atoms with E-state index in [1.54, 1.807) is 41.3 Å². The number of likely N-dealkylation sites (tertiary alicyclic amines) is 1. The third kappa shape index (κ3) is 5.39. The summed E-state index contributed by atoms with van der Waals surface area (Å²) in [5.41, 5.74) is 1.40. The maximum absolute atomic E-state index is 12.7. The van der Waals surface area contributed by atoms with E-state index in [0.29, 0.717) is 66.2 Å². The van der Waals surface area contributed by atoms with E-state index in [0.717, 1.165) is 5.56 Å². The Bertz CT molecular complexity index is 1100. The lowest BCUT2D eigenvalue weighted by Gasteiger charge is -2.30. The van der Waals surface area contributed by atoms with Gasteiger partial charge >= 0.3 is 0 Å². The van der Waals surface area contributed by atoms with Gasteiger partial charge in [-0.15, -0.1) is 0 Å². The van der Waals surface area contributed by atoms with Gasteiger partial charge in [0.25, 0.3) is 0 Å². The van der Waals surface area contributed by atoms with Crippen LogP contribution in [-0.2, 0) is 9.59 Å². The van der Waals surface area contributed by atoms with Gasteiger partial charge in [0.05, 0.1) is 18.7 Å². The summed E-state index contributed by atoms with van der Waals surface area (Å²) in [4.78, 5) is 27.1. The van der Waals surface area contributed by atoms with Crippen LogP contribution in [0.5, 0.6) is 23.0 Å². The van der Waals surface area contributed by atoms with Crippen LogP contribution in [-0.4, -0.2) is 50.3 Å². The van der Waals surface area contributed by atoms with Gasteiger partial charge in [0.2, 0.25) is 18.6 Å². The number of amides is 2. The van der Waals surface area contributed by atoms with Crippen molar-refractivity contribution in [1.29, 1.82) is 0 Å². The zero-order valence-electron chi connectivity index (χ0n) is 19.1. The smallest absolute Gasteiger partial charge is 0.246 e. The molecule has 2 amide bonds. The van der Waals surface area contributed by atoms with Crippen molar-refractivity contribution in [2.75, 3.05) is 38.9 Å². The molecule has 0 bridgehead atoms.